The van der Waals surface area contributed by atoms with Gasteiger partial charge in [0.2, 0.25) is 0 Å². The maximum absolute atomic E-state index is 12.1. The van der Waals surface area contributed by atoms with Crippen LogP contribution in [0.25, 0.3) is 0 Å². The molecule has 142 valence electrons. The van der Waals surface area contributed by atoms with Crippen molar-refractivity contribution < 1.29 is 19.4 Å². The number of urea groups is 1. The van der Waals surface area contributed by atoms with Crippen LogP contribution in [0.5, 0.6) is 5.75 Å². The van der Waals surface area contributed by atoms with E-state index in [2.05, 4.69) is 10.6 Å². The molecule has 0 aromatic heterocycles. The molecule has 0 radical (unpaired) electrons. The summed E-state index contributed by atoms with van der Waals surface area (Å²) in [5.74, 6) is -0.273. The molecule has 2 aromatic carbocycles. The predicted octanol–water partition coefficient (Wildman–Crippen LogP) is 4.20. The first-order chi connectivity index (χ1) is 13.0. The maximum Gasteiger partial charge on any atom is 0.335 e. The molecular formula is C21H24N2O4. The molecule has 1 fully saturated rings. The lowest BCUT2D eigenvalue weighted by Crippen LogP contribution is -2.41. The van der Waals surface area contributed by atoms with Gasteiger partial charge in [-0.1, -0.05) is 17.7 Å². The highest BCUT2D eigenvalue weighted by Crippen LogP contribution is 2.24. The van der Waals surface area contributed by atoms with Gasteiger partial charge in [0.05, 0.1) is 11.7 Å². The summed E-state index contributed by atoms with van der Waals surface area (Å²) >= 11 is 0. The largest absolute Gasteiger partial charge is 0.490 e. The third-order valence-electron chi connectivity index (χ3n) is 4.72. The van der Waals surface area contributed by atoms with E-state index in [1.807, 2.05) is 31.2 Å². The molecule has 27 heavy (non-hydrogen) atoms. The van der Waals surface area contributed by atoms with Gasteiger partial charge in [0, 0.05) is 11.7 Å². The van der Waals surface area contributed by atoms with Gasteiger partial charge in [0.1, 0.15) is 5.75 Å². The van der Waals surface area contributed by atoms with Gasteiger partial charge in [-0.2, -0.15) is 0 Å². The van der Waals surface area contributed by atoms with Crippen LogP contribution in [-0.4, -0.2) is 29.3 Å². The fourth-order valence-electron chi connectivity index (χ4n) is 3.18. The summed E-state index contributed by atoms with van der Waals surface area (Å²) in [6.45, 7) is 2.00. The molecule has 0 heterocycles. The smallest absolute Gasteiger partial charge is 0.335 e. The predicted molar refractivity (Wildman–Crippen MR) is 103 cm³/mol. The zero-order chi connectivity index (χ0) is 19.2. The number of anilines is 1. The third-order valence-corrected chi connectivity index (χ3v) is 4.72. The summed E-state index contributed by atoms with van der Waals surface area (Å²) in [4.78, 5) is 23.0. The lowest BCUT2D eigenvalue weighted by atomic mass is 9.93. The molecule has 1 aliphatic carbocycles. The SMILES string of the molecule is Cc1ccc(NC(=O)NC2CCC(Oc3ccc(C(=O)O)cc3)CC2)cc1. The standard InChI is InChI=1S/C21H24N2O4/c1-14-2-6-16(7-3-14)22-21(26)23-17-8-12-19(13-9-17)27-18-10-4-15(5-11-18)20(24)25/h2-7,10-11,17,19H,8-9,12-13H2,1H3,(H,24,25)(H2,22,23,26). The number of rotatable bonds is 5. The van der Waals surface area contributed by atoms with Gasteiger partial charge in [-0.15, -0.1) is 0 Å². The number of carbonyl (C=O) groups is 2. The van der Waals surface area contributed by atoms with Crippen molar-refractivity contribution in [2.24, 2.45) is 0 Å². The van der Waals surface area contributed by atoms with Gasteiger partial charge < -0.3 is 20.5 Å². The summed E-state index contributed by atoms with van der Waals surface area (Å²) in [5, 5.41) is 14.8. The van der Waals surface area contributed by atoms with Gasteiger partial charge >= 0.3 is 12.0 Å². The Bertz CT molecular complexity index is 779. The van der Waals surface area contributed by atoms with E-state index in [0.717, 1.165) is 36.9 Å². The second-order valence-corrected chi connectivity index (χ2v) is 6.89. The van der Waals surface area contributed by atoms with E-state index in [-0.39, 0.29) is 23.7 Å². The Morgan fingerprint density at radius 2 is 1.59 bits per heavy atom. The van der Waals surface area contributed by atoms with E-state index in [1.54, 1.807) is 24.3 Å². The van der Waals surface area contributed by atoms with Gasteiger partial charge in [0.25, 0.3) is 0 Å². The van der Waals surface area contributed by atoms with Crippen LogP contribution in [0.15, 0.2) is 48.5 Å². The topological polar surface area (TPSA) is 87.7 Å². The fraction of sp³-hybridized carbons (Fsp3) is 0.333. The molecule has 3 rings (SSSR count). The highest BCUT2D eigenvalue weighted by Gasteiger charge is 2.23. The minimum absolute atomic E-state index is 0.0823. The Morgan fingerprint density at radius 3 is 2.19 bits per heavy atom. The Hall–Kier alpha value is -3.02. The molecule has 0 unspecified atom stereocenters. The molecule has 2 amide bonds. The molecule has 1 aliphatic rings. The van der Waals surface area contributed by atoms with Crippen LogP contribution in [0, 0.1) is 6.92 Å². The Kier molecular flexibility index (Phi) is 5.96. The minimum atomic E-state index is -0.947. The van der Waals surface area contributed by atoms with Crippen LogP contribution in [0.4, 0.5) is 10.5 Å². The van der Waals surface area contributed by atoms with E-state index in [0.29, 0.717) is 5.75 Å². The second-order valence-electron chi connectivity index (χ2n) is 6.89. The normalized spacial score (nSPS) is 19.1. The van der Waals surface area contributed by atoms with E-state index in [4.69, 9.17) is 9.84 Å². The van der Waals surface area contributed by atoms with Gasteiger partial charge in [-0.25, -0.2) is 9.59 Å². The Morgan fingerprint density at radius 1 is 0.963 bits per heavy atom. The van der Waals surface area contributed by atoms with E-state index in [1.165, 1.54) is 0 Å². The number of aryl methyl sites for hydroxylation is 1. The van der Waals surface area contributed by atoms with Crippen molar-refractivity contribution in [3.8, 4) is 5.75 Å². The van der Waals surface area contributed by atoms with Gasteiger partial charge in [-0.3, -0.25) is 0 Å². The molecule has 6 nitrogen and oxygen atoms in total. The number of carboxylic acid groups (broad SMARTS) is 1. The van der Waals surface area contributed by atoms with Crippen LogP contribution in [-0.2, 0) is 0 Å². The first-order valence-electron chi connectivity index (χ1n) is 9.14. The van der Waals surface area contributed by atoms with Gasteiger partial charge in [0.15, 0.2) is 0 Å². The lowest BCUT2D eigenvalue weighted by Gasteiger charge is -2.29. The Labute approximate surface area is 158 Å². The molecule has 0 atom stereocenters. The number of nitrogens with one attached hydrogen (secondary N) is 2. The monoisotopic (exact) mass is 368 g/mol. The average molecular weight is 368 g/mol. The number of ether oxygens (including phenoxy) is 1. The molecule has 0 bridgehead atoms. The molecule has 0 aliphatic heterocycles. The number of hydrogen-bond acceptors (Lipinski definition) is 3. The zero-order valence-electron chi connectivity index (χ0n) is 15.3. The van der Waals surface area contributed by atoms with Crippen LogP contribution >= 0.6 is 0 Å². The van der Waals surface area contributed by atoms with Crippen molar-refractivity contribution in [2.45, 2.75) is 44.8 Å². The highest BCUT2D eigenvalue weighted by atomic mass is 16.5. The number of aromatic carboxylic acids is 1. The summed E-state index contributed by atoms with van der Waals surface area (Å²) < 4.78 is 5.93. The molecule has 0 saturated heterocycles. The first-order valence-corrected chi connectivity index (χ1v) is 9.14. The summed E-state index contributed by atoms with van der Waals surface area (Å²) in [6, 6.07) is 14.1. The van der Waals surface area contributed by atoms with Crippen molar-refractivity contribution in [3.63, 3.8) is 0 Å². The molecule has 0 spiro atoms. The lowest BCUT2D eigenvalue weighted by molar-refractivity contribution is 0.0696. The zero-order valence-corrected chi connectivity index (χ0v) is 15.3. The fourth-order valence-corrected chi connectivity index (χ4v) is 3.18. The van der Waals surface area contributed by atoms with E-state index < -0.39 is 5.97 Å². The van der Waals surface area contributed by atoms with Crippen LogP contribution in [0.2, 0.25) is 0 Å². The second kappa shape index (κ2) is 8.58. The van der Waals surface area contributed by atoms with Crippen LogP contribution < -0.4 is 15.4 Å². The Balaban J connectivity index is 1.42. The molecule has 6 heteroatoms. The maximum atomic E-state index is 12.1. The van der Waals surface area contributed by atoms with Crippen molar-refractivity contribution in [1.82, 2.24) is 5.32 Å². The van der Waals surface area contributed by atoms with Crippen molar-refractivity contribution in [1.29, 1.82) is 0 Å². The number of carboxylic acids is 1. The van der Waals surface area contributed by atoms with Crippen molar-refractivity contribution in [2.75, 3.05) is 5.32 Å². The molecule has 1 saturated carbocycles. The summed E-state index contributed by atoms with van der Waals surface area (Å²) in [6.07, 6.45) is 3.46. The van der Waals surface area contributed by atoms with Crippen molar-refractivity contribution >= 4 is 17.7 Å². The first kappa shape index (κ1) is 18.8. The summed E-state index contributed by atoms with van der Waals surface area (Å²) in [5.41, 5.74) is 2.17. The highest BCUT2D eigenvalue weighted by molar-refractivity contribution is 5.89. The third kappa shape index (κ3) is 5.48. The molecular weight excluding hydrogens is 344 g/mol. The molecule has 2 aromatic rings. The minimum Gasteiger partial charge on any atom is -0.490 e. The molecule has 3 N–H and O–H groups in total. The number of amides is 2. The van der Waals surface area contributed by atoms with Crippen LogP contribution in [0.1, 0.15) is 41.6 Å². The van der Waals surface area contributed by atoms with Crippen molar-refractivity contribution in [3.05, 3.63) is 59.7 Å². The van der Waals surface area contributed by atoms with E-state index >= 15 is 0 Å². The average Bonchev–Trinajstić information content (AvgIpc) is 2.66. The number of carbonyl (C=O) groups excluding carboxylic acids is 1. The van der Waals surface area contributed by atoms with Gasteiger partial charge in [-0.05, 0) is 69.0 Å². The number of benzene rings is 2. The van der Waals surface area contributed by atoms with E-state index in [9.17, 15) is 9.59 Å². The quantitative estimate of drug-likeness (QED) is 0.738. The van der Waals surface area contributed by atoms with Crippen LogP contribution in [0.3, 0.4) is 0 Å². The number of hydrogen-bond donors (Lipinski definition) is 3. The summed E-state index contributed by atoms with van der Waals surface area (Å²) in [7, 11) is 0.